The summed E-state index contributed by atoms with van der Waals surface area (Å²) >= 11 is 0. The van der Waals surface area contributed by atoms with E-state index in [-0.39, 0.29) is 36.0 Å². The highest BCUT2D eigenvalue weighted by Gasteiger charge is 2.64. The van der Waals surface area contributed by atoms with Crippen molar-refractivity contribution in [3.8, 4) is 22.6 Å². The summed E-state index contributed by atoms with van der Waals surface area (Å²) in [7, 11) is 0. The third-order valence-corrected chi connectivity index (χ3v) is 6.88. The van der Waals surface area contributed by atoms with E-state index in [1.54, 1.807) is 6.92 Å². The first-order valence-electron chi connectivity index (χ1n) is 11.7. The van der Waals surface area contributed by atoms with E-state index in [1.165, 1.54) is 30.7 Å². The van der Waals surface area contributed by atoms with Gasteiger partial charge in [0.05, 0.1) is 18.8 Å². The third-order valence-electron chi connectivity index (χ3n) is 6.88. The van der Waals surface area contributed by atoms with Crippen LogP contribution in [-0.2, 0) is 11.8 Å². The van der Waals surface area contributed by atoms with Crippen molar-refractivity contribution in [2.24, 2.45) is 11.8 Å². The second-order valence-electron chi connectivity index (χ2n) is 9.08. The zero-order chi connectivity index (χ0) is 23.8. The van der Waals surface area contributed by atoms with Crippen LogP contribution >= 0.6 is 0 Å². The molecule has 1 saturated carbocycles. The maximum Gasteiger partial charge on any atom is 0.343 e. The molecule has 0 unspecified atom stereocenters. The van der Waals surface area contributed by atoms with Crippen LogP contribution in [0.25, 0.3) is 11.1 Å². The Kier molecular flexibility index (Phi) is 6.61. The summed E-state index contributed by atoms with van der Waals surface area (Å²) in [6, 6.07) is 6.11. The molecule has 2 nitrogen and oxygen atoms in total. The molecule has 4 rings (SSSR count). The van der Waals surface area contributed by atoms with E-state index < -0.39 is 34.5 Å². The molecule has 7 heteroatoms. The highest BCUT2D eigenvalue weighted by molar-refractivity contribution is 5.77. The van der Waals surface area contributed by atoms with Crippen LogP contribution in [0, 0.1) is 17.7 Å². The monoisotopic (exact) mass is 468 g/mol. The number of hydrogen-bond donors (Lipinski definition) is 0. The molecule has 0 N–H and O–H groups in total. The predicted molar refractivity (Wildman–Crippen MR) is 117 cm³/mol. The lowest BCUT2D eigenvalue weighted by Gasteiger charge is -2.35. The average Bonchev–Trinajstić information content (AvgIpc) is 2.78. The third kappa shape index (κ3) is 4.19. The highest BCUT2D eigenvalue weighted by Crippen LogP contribution is 2.59. The molecule has 2 aromatic rings. The second-order valence-corrected chi connectivity index (χ2v) is 9.08. The van der Waals surface area contributed by atoms with Crippen LogP contribution in [0.3, 0.4) is 0 Å². The molecular formula is C26H29F5O2. The molecule has 0 aromatic heterocycles. The van der Waals surface area contributed by atoms with Gasteiger partial charge in [-0.05, 0) is 67.0 Å². The van der Waals surface area contributed by atoms with Gasteiger partial charge in [-0.2, -0.15) is 17.6 Å². The molecule has 0 amide bonds. The molecule has 0 spiro atoms. The number of fused-ring (bicyclic) bond motifs is 3. The maximum absolute atomic E-state index is 15.2. The van der Waals surface area contributed by atoms with Crippen molar-refractivity contribution in [1.82, 2.24) is 0 Å². The molecule has 2 aromatic carbocycles. The number of halogens is 5. The number of benzene rings is 2. The second kappa shape index (κ2) is 9.15. The van der Waals surface area contributed by atoms with Crippen molar-refractivity contribution in [3.05, 3.63) is 47.3 Å². The molecule has 180 valence electrons. The Morgan fingerprint density at radius 1 is 0.848 bits per heavy atom. The van der Waals surface area contributed by atoms with Crippen LogP contribution in [0.15, 0.2) is 30.3 Å². The first-order chi connectivity index (χ1) is 15.7. The van der Waals surface area contributed by atoms with Gasteiger partial charge in [-0.1, -0.05) is 38.7 Å². The van der Waals surface area contributed by atoms with Gasteiger partial charge in [-0.3, -0.25) is 0 Å². The summed E-state index contributed by atoms with van der Waals surface area (Å²) in [5, 5.41) is 0. The Bertz CT molecular complexity index is 996. The molecular weight excluding hydrogens is 439 g/mol. The van der Waals surface area contributed by atoms with Gasteiger partial charge in [-0.15, -0.1) is 0 Å². The minimum atomic E-state index is -4.73. The maximum atomic E-state index is 15.2. The van der Waals surface area contributed by atoms with Gasteiger partial charge >= 0.3 is 11.8 Å². The van der Waals surface area contributed by atoms with Gasteiger partial charge < -0.3 is 9.47 Å². The van der Waals surface area contributed by atoms with Gasteiger partial charge in [0.2, 0.25) is 0 Å². The lowest BCUT2D eigenvalue weighted by Crippen LogP contribution is -2.40. The number of alkyl halides is 4. The van der Waals surface area contributed by atoms with E-state index >= 15 is 13.2 Å². The summed E-state index contributed by atoms with van der Waals surface area (Å²) in [6.07, 6.45) is 6.33. The van der Waals surface area contributed by atoms with Crippen molar-refractivity contribution in [3.63, 3.8) is 0 Å². The average molecular weight is 469 g/mol. The SMILES string of the molecule is CCCC1CCC(COc2ccc3c(c2F)C(F)(F)C(F)(F)c2cc(OCC)ccc2-3)CC1. The van der Waals surface area contributed by atoms with Gasteiger partial charge in [0.15, 0.2) is 11.6 Å². The van der Waals surface area contributed by atoms with E-state index in [2.05, 4.69) is 6.92 Å². The number of rotatable bonds is 7. The van der Waals surface area contributed by atoms with Crippen molar-refractivity contribution < 1.29 is 31.4 Å². The molecule has 2 aliphatic rings. The van der Waals surface area contributed by atoms with E-state index in [1.807, 2.05) is 0 Å². The van der Waals surface area contributed by atoms with E-state index in [4.69, 9.17) is 9.47 Å². The first kappa shape index (κ1) is 23.8. The fraction of sp³-hybridized carbons (Fsp3) is 0.538. The normalized spacial score (nSPS) is 22.9. The fourth-order valence-electron chi connectivity index (χ4n) is 5.10. The van der Waals surface area contributed by atoms with Crippen LogP contribution in [0.4, 0.5) is 22.0 Å². The molecule has 0 saturated heterocycles. The largest absolute Gasteiger partial charge is 0.494 e. The Morgan fingerprint density at radius 2 is 1.52 bits per heavy atom. The first-order valence-corrected chi connectivity index (χ1v) is 11.7. The predicted octanol–water partition coefficient (Wildman–Crippen LogP) is 8.07. The van der Waals surface area contributed by atoms with Gasteiger partial charge in [-0.25, -0.2) is 4.39 Å². The smallest absolute Gasteiger partial charge is 0.343 e. The van der Waals surface area contributed by atoms with Crippen LogP contribution in [0.1, 0.15) is 63.5 Å². The molecule has 1 fully saturated rings. The van der Waals surface area contributed by atoms with E-state index in [0.717, 1.165) is 38.2 Å². The van der Waals surface area contributed by atoms with Crippen LogP contribution < -0.4 is 9.47 Å². The molecule has 0 heterocycles. The van der Waals surface area contributed by atoms with Gasteiger partial charge in [0, 0.05) is 5.56 Å². The molecule has 0 aliphatic heterocycles. The van der Waals surface area contributed by atoms with Crippen molar-refractivity contribution in [2.75, 3.05) is 13.2 Å². The minimum absolute atomic E-state index is 0.0595. The summed E-state index contributed by atoms with van der Waals surface area (Å²) < 4.78 is 86.0. The summed E-state index contributed by atoms with van der Waals surface area (Å²) in [4.78, 5) is 0. The fourth-order valence-corrected chi connectivity index (χ4v) is 5.10. The summed E-state index contributed by atoms with van der Waals surface area (Å²) in [5.41, 5.74) is -2.57. The van der Waals surface area contributed by atoms with Crippen molar-refractivity contribution in [1.29, 1.82) is 0 Å². The van der Waals surface area contributed by atoms with Crippen molar-refractivity contribution >= 4 is 0 Å². The molecule has 0 bridgehead atoms. The molecule has 0 atom stereocenters. The highest BCUT2D eigenvalue weighted by atomic mass is 19.3. The Balaban J connectivity index is 1.62. The topological polar surface area (TPSA) is 18.5 Å². The van der Waals surface area contributed by atoms with Crippen LogP contribution in [0.5, 0.6) is 11.5 Å². The molecule has 33 heavy (non-hydrogen) atoms. The van der Waals surface area contributed by atoms with Crippen LogP contribution in [0.2, 0.25) is 0 Å². The molecule has 2 aliphatic carbocycles. The quantitative estimate of drug-likeness (QED) is 0.383. The van der Waals surface area contributed by atoms with Crippen LogP contribution in [-0.4, -0.2) is 13.2 Å². The lowest BCUT2D eigenvalue weighted by atomic mass is 9.80. The molecule has 0 radical (unpaired) electrons. The summed E-state index contributed by atoms with van der Waals surface area (Å²) in [6.45, 7) is 4.21. The zero-order valence-electron chi connectivity index (χ0n) is 18.9. The zero-order valence-corrected chi connectivity index (χ0v) is 18.9. The Hall–Kier alpha value is -2.31. The van der Waals surface area contributed by atoms with E-state index in [9.17, 15) is 8.78 Å². The number of ether oxygens (including phenoxy) is 2. The van der Waals surface area contributed by atoms with Crippen molar-refractivity contribution in [2.45, 2.75) is 64.2 Å². The lowest BCUT2D eigenvalue weighted by molar-refractivity contribution is -0.226. The standard InChI is InChI=1S/C26H29F5O2/c1-3-5-16-6-8-17(9-7-16)15-33-22-13-12-20-19-11-10-18(32-4-2)14-21(19)25(28,29)26(30,31)23(20)24(22)27/h10-14,16-17H,3-9,15H2,1-2H3. The summed E-state index contributed by atoms with van der Waals surface area (Å²) in [5.74, 6) is -10.2. The van der Waals surface area contributed by atoms with Gasteiger partial charge in [0.1, 0.15) is 5.75 Å². The Labute approximate surface area is 191 Å². The Morgan fingerprint density at radius 3 is 2.18 bits per heavy atom. The number of hydrogen-bond acceptors (Lipinski definition) is 2. The van der Waals surface area contributed by atoms with Gasteiger partial charge in [0.25, 0.3) is 0 Å². The minimum Gasteiger partial charge on any atom is -0.494 e. The van der Waals surface area contributed by atoms with E-state index in [0.29, 0.717) is 5.92 Å².